The van der Waals surface area contributed by atoms with Gasteiger partial charge < -0.3 is 0 Å². The van der Waals surface area contributed by atoms with Crippen LogP contribution in [0.15, 0.2) is 24.4 Å². The first-order valence-electron chi connectivity index (χ1n) is 5.34. The van der Waals surface area contributed by atoms with E-state index < -0.39 is 0 Å². The number of pyridine rings is 1. The molecule has 2 heterocycles. The molecule has 2 aromatic rings. The van der Waals surface area contributed by atoms with E-state index in [1.54, 1.807) is 6.20 Å². The Hall–Kier alpha value is -1.71. The quantitative estimate of drug-likeness (QED) is 0.734. The van der Waals surface area contributed by atoms with Crippen molar-refractivity contribution >= 4 is 0 Å². The van der Waals surface area contributed by atoms with Crippen LogP contribution in [-0.2, 0) is 5.41 Å². The van der Waals surface area contributed by atoms with Gasteiger partial charge in [-0.2, -0.15) is 4.68 Å². The molecule has 16 heavy (non-hydrogen) atoms. The Labute approximate surface area is 95.4 Å². The van der Waals surface area contributed by atoms with Gasteiger partial charge >= 0.3 is 0 Å². The predicted octanol–water partition coefficient (Wildman–Crippen LogP) is 2.27. The first-order valence-corrected chi connectivity index (χ1v) is 5.34. The molecule has 0 aliphatic rings. The molecule has 0 atom stereocenters. The summed E-state index contributed by atoms with van der Waals surface area (Å²) in [6, 6.07) is 5.78. The molecule has 2 rings (SSSR count). The minimum Gasteiger partial charge on any atom is -0.237 e. The van der Waals surface area contributed by atoms with Crippen LogP contribution in [0.4, 0.5) is 0 Å². The van der Waals surface area contributed by atoms with Crippen molar-refractivity contribution in [3.63, 3.8) is 0 Å². The van der Waals surface area contributed by atoms with E-state index in [0.29, 0.717) is 0 Å². The standard InChI is InChI=1S/C12H16N4/c1-9-14-11(12(2,3)4)16(15-9)10-7-5-6-8-13-10/h5-8H,1-4H3. The van der Waals surface area contributed by atoms with Crippen molar-refractivity contribution in [3.8, 4) is 5.82 Å². The highest BCUT2D eigenvalue weighted by atomic mass is 15.4. The summed E-state index contributed by atoms with van der Waals surface area (Å²) >= 11 is 0. The molecule has 0 N–H and O–H groups in total. The molecule has 0 aliphatic heterocycles. The van der Waals surface area contributed by atoms with E-state index in [1.165, 1.54) is 0 Å². The van der Waals surface area contributed by atoms with Gasteiger partial charge in [-0.3, -0.25) is 0 Å². The minimum atomic E-state index is -0.0429. The molecule has 0 aromatic carbocycles. The molecule has 0 saturated heterocycles. The number of hydrogen-bond acceptors (Lipinski definition) is 3. The van der Waals surface area contributed by atoms with Crippen LogP contribution in [0.1, 0.15) is 32.4 Å². The lowest BCUT2D eigenvalue weighted by molar-refractivity contribution is 0.523. The van der Waals surface area contributed by atoms with E-state index in [9.17, 15) is 0 Å². The van der Waals surface area contributed by atoms with Crippen LogP contribution >= 0.6 is 0 Å². The predicted molar refractivity (Wildman–Crippen MR) is 62.6 cm³/mol. The molecule has 0 spiro atoms. The third-order valence-corrected chi connectivity index (χ3v) is 2.25. The average Bonchev–Trinajstić information content (AvgIpc) is 2.61. The van der Waals surface area contributed by atoms with Crippen LogP contribution in [0, 0.1) is 6.92 Å². The smallest absolute Gasteiger partial charge is 0.155 e. The zero-order chi connectivity index (χ0) is 11.8. The van der Waals surface area contributed by atoms with E-state index >= 15 is 0 Å². The number of rotatable bonds is 1. The Morgan fingerprint density at radius 3 is 2.50 bits per heavy atom. The van der Waals surface area contributed by atoms with Crippen LogP contribution in [0.25, 0.3) is 5.82 Å². The second kappa shape index (κ2) is 3.70. The van der Waals surface area contributed by atoms with Gasteiger partial charge in [-0.05, 0) is 19.1 Å². The maximum Gasteiger partial charge on any atom is 0.155 e. The summed E-state index contributed by atoms with van der Waals surface area (Å²) in [5.41, 5.74) is -0.0429. The van der Waals surface area contributed by atoms with Crippen molar-refractivity contribution in [3.05, 3.63) is 36.0 Å². The van der Waals surface area contributed by atoms with Crippen molar-refractivity contribution in [2.45, 2.75) is 33.1 Å². The summed E-state index contributed by atoms with van der Waals surface area (Å²) < 4.78 is 1.81. The maximum atomic E-state index is 4.47. The van der Waals surface area contributed by atoms with E-state index in [2.05, 4.69) is 35.8 Å². The lowest BCUT2D eigenvalue weighted by Crippen LogP contribution is -2.19. The molecule has 0 radical (unpaired) electrons. The Bertz CT molecular complexity index is 479. The van der Waals surface area contributed by atoms with Crippen molar-refractivity contribution in [2.24, 2.45) is 0 Å². The largest absolute Gasteiger partial charge is 0.237 e. The molecule has 0 fully saturated rings. The molecular formula is C12H16N4. The van der Waals surface area contributed by atoms with Crippen LogP contribution in [-0.4, -0.2) is 19.7 Å². The zero-order valence-electron chi connectivity index (χ0n) is 10.1. The summed E-state index contributed by atoms with van der Waals surface area (Å²) in [5, 5.41) is 4.39. The highest BCUT2D eigenvalue weighted by molar-refractivity contribution is 5.24. The second-order valence-electron chi connectivity index (χ2n) is 4.83. The highest BCUT2D eigenvalue weighted by Crippen LogP contribution is 2.22. The van der Waals surface area contributed by atoms with E-state index in [1.807, 2.05) is 29.8 Å². The number of nitrogens with zero attached hydrogens (tertiary/aromatic N) is 4. The normalized spacial score (nSPS) is 11.8. The lowest BCUT2D eigenvalue weighted by Gasteiger charge is -2.17. The minimum absolute atomic E-state index is 0.0429. The first kappa shape index (κ1) is 10.8. The van der Waals surface area contributed by atoms with Gasteiger partial charge in [-0.15, -0.1) is 5.10 Å². The lowest BCUT2D eigenvalue weighted by atomic mass is 9.96. The van der Waals surface area contributed by atoms with E-state index in [0.717, 1.165) is 17.5 Å². The average molecular weight is 216 g/mol. The summed E-state index contributed by atoms with van der Waals surface area (Å²) in [7, 11) is 0. The fourth-order valence-electron chi connectivity index (χ4n) is 1.54. The SMILES string of the molecule is Cc1nc(C(C)(C)C)n(-c2ccccn2)n1. The van der Waals surface area contributed by atoms with Gasteiger partial charge in [0.15, 0.2) is 5.82 Å². The maximum absolute atomic E-state index is 4.47. The van der Waals surface area contributed by atoms with Crippen LogP contribution in [0.3, 0.4) is 0 Å². The van der Waals surface area contributed by atoms with Gasteiger partial charge in [0.25, 0.3) is 0 Å². The molecule has 2 aromatic heterocycles. The number of aryl methyl sites for hydroxylation is 1. The first-order chi connectivity index (χ1) is 7.48. The molecule has 0 aliphatic carbocycles. The fourth-order valence-corrected chi connectivity index (χ4v) is 1.54. The van der Waals surface area contributed by atoms with Gasteiger partial charge in [0.05, 0.1) is 0 Å². The highest BCUT2D eigenvalue weighted by Gasteiger charge is 2.23. The van der Waals surface area contributed by atoms with Crippen LogP contribution in [0.2, 0.25) is 0 Å². The topological polar surface area (TPSA) is 43.6 Å². The van der Waals surface area contributed by atoms with Gasteiger partial charge in [0.1, 0.15) is 11.6 Å². The van der Waals surface area contributed by atoms with Gasteiger partial charge in [-0.25, -0.2) is 9.97 Å². The van der Waals surface area contributed by atoms with E-state index in [-0.39, 0.29) is 5.41 Å². The molecule has 0 saturated carbocycles. The molecule has 84 valence electrons. The van der Waals surface area contributed by atoms with Crippen molar-refractivity contribution < 1.29 is 0 Å². The summed E-state index contributed by atoms with van der Waals surface area (Å²) in [6.45, 7) is 8.26. The number of aromatic nitrogens is 4. The van der Waals surface area contributed by atoms with Gasteiger partial charge in [-0.1, -0.05) is 26.8 Å². The Balaban J connectivity index is 2.58. The van der Waals surface area contributed by atoms with Crippen molar-refractivity contribution in [2.75, 3.05) is 0 Å². The molecule has 0 unspecified atom stereocenters. The Kier molecular flexibility index (Phi) is 2.50. The molecular weight excluding hydrogens is 200 g/mol. The Morgan fingerprint density at radius 2 is 1.94 bits per heavy atom. The van der Waals surface area contributed by atoms with Crippen molar-refractivity contribution in [1.29, 1.82) is 0 Å². The zero-order valence-corrected chi connectivity index (χ0v) is 10.1. The fraction of sp³-hybridized carbons (Fsp3) is 0.417. The third-order valence-electron chi connectivity index (χ3n) is 2.25. The summed E-state index contributed by atoms with van der Waals surface area (Å²) in [5.74, 6) is 2.52. The van der Waals surface area contributed by atoms with Gasteiger partial charge in [0, 0.05) is 11.6 Å². The molecule has 4 heteroatoms. The monoisotopic (exact) mass is 216 g/mol. The van der Waals surface area contributed by atoms with Crippen LogP contribution < -0.4 is 0 Å². The molecule has 4 nitrogen and oxygen atoms in total. The molecule has 0 bridgehead atoms. The second-order valence-corrected chi connectivity index (χ2v) is 4.83. The molecule has 0 amide bonds. The van der Waals surface area contributed by atoms with Crippen LogP contribution in [0.5, 0.6) is 0 Å². The van der Waals surface area contributed by atoms with E-state index in [4.69, 9.17) is 0 Å². The van der Waals surface area contributed by atoms with Crippen molar-refractivity contribution in [1.82, 2.24) is 19.7 Å². The summed E-state index contributed by atoms with van der Waals surface area (Å²) in [4.78, 5) is 8.77. The van der Waals surface area contributed by atoms with Gasteiger partial charge in [0.2, 0.25) is 0 Å². The summed E-state index contributed by atoms with van der Waals surface area (Å²) in [6.07, 6.45) is 1.76. The third kappa shape index (κ3) is 1.96. The Morgan fingerprint density at radius 1 is 1.19 bits per heavy atom. The number of hydrogen-bond donors (Lipinski definition) is 0.